The van der Waals surface area contributed by atoms with Gasteiger partial charge in [-0.3, -0.25) is 0 Å². The molecule has 0 amide bonds. The lowest BCUT2D eigenvalue weighted by molar-refractivity contribution is -0.0380. The van der Waals surface area contributed by atoms with Crippen molar-refractivity contribution in [1.29, 1.82) is 0 Å². The first kappa shape index (κ1) is 15.3. The Morgan fingerprint density at radius 2 is 0.947 bits per heavy atom. The minimum atomic E-state index is 0.496. The monoisotopic (exact) mass is 270 g/mol. The van der Waals surface area contributed by atoms with Crippen LogP contribution in [0, 0.1) is 0 Å². The number of ether oxygens (including phenoxy) is 3. The van der Waals surface area contributed by atoms with Crippen molar-refractivity contribution in [3.63, 3.8) is 0 Å². The average Bonchev–Trinajstić information content (AvgIpc) is 2.48. The van der Waals surface area contributed by atoms with Gasteiger partial charge in [-0.25, -0.2) is 0 Å². The molecule has 0 radical (unpaired) electrons. The van der Waals surface area contributed by atoms with Gasteiger partial charge in [0.1, 0.15) is 0 Å². The zero-order valence-corrected chi connectivity index (χ0v) is 12.3. The molecule has 0 bridgehead atoms. The predicted molar refractivity (Wildman–Crippen MR) is 76.5 cm³/mol. The summed E-state index contributed by atoms with van der Waals surface area (Å²) in [5.74, 6) is 0. The summed E-state index contributed by atoms with van der Waals surface area (Å²) < 4.78 is 17.2. The highest BCUT2D eigenvalue weighted by atomic mass is 16.5. The maximum Gasteiger partial charge on any atom is 0.0704 e. The van der Waals surface area contributed by atoms with E-state index in [9.17, 15) is 0 Å². The first-order chi connectivity index (χ1) is 9.45. The van der Waals surface area contributed by atoms with Crippen LogP contribution in [0.2, 0.25) is 0 Å². The highest BCUT2D eigenvalue weighted by molar-refractivity contribution is 4.65. The van der Waals surface area contributed by atoms with Crippen LogP contribution >= 0.6 is 0 Å². The van der Waals surface area contributed by atoms with Gasteiger partial charge in [-0.2, -0.15) is 0 Å². The van der Waals surface area contributed by atoms with Crippen LogP contribution in [-0.2, 0) is 14.2 Å². The van der Waals surface area contributed by atoms with E-state index in [0.717, 1.165) is 13.2 Å². The Bertz CT molecular complexity index is 186. The average molecular weight is 270 g/mol. The SMILES string of the molecule is C1CCC(OCCOCCOC2CCCCC2)CC1. The molecule has 0 aliphatic heterocycles. The molecule has 3 heteroatoms. The van der Waals surface area contributed by atoms with Gasteiger partial charge in [0.15, 0.2) is 0 Å². The Kier molecular flexibility index (Phi) is 7.82. The van der Waals surface area contributed by atoms with Crippen molar-refractivity contribution in [2.75, 3.05) is 26.4 Å². The summed E-state index contributed by atoms with van der Waals surface area (Å²) in [6, 6.07) is 0. The highest BCUT2D eigenvalue weighted by Gasteiger charge is 2.14. The Morgan fingerprint density at radius 1 is 0.526 bits per heavy atom. The Morgan fingerprint density at radius 3 is 1.37 bits per heavy atom. The lowest BCUT2D eigenvalue weighted by Crippen LogP contribution is -2.21. The van der Waals surface area contributed by atoms with Crippen molar-refractivity contribution in [1.82, 2.24) is 0 Å². The minimum Gasteiger partial charge on any atom is -0.377 e. The molecule has 0 aromatic rings. The second-order valence-electron chi connectivity index (χ2n) is 5.87. The quantitative estimate of drug-likeness (QED) is 0.629. The topological polar surface area (TPSA) is 27.7 Å². The van der Waals surface area contributed by atoms with Crippen LogP contribution in [0.5, 0.6) is 0 Å². The van der Waals surface area contributed by atoms with Gasteiger partial charge in [0.25, 0.3) is 0 Å². The van der Waals surface area contributed by atoms with Crippen molar-refractivity contribution < 1.29 is 14.2 Å². The van der Waals surface area contributed by atoms with Gasteiger partial charge in [-0.05, 0) is 25.7 Å². The first-order valence-corrected chi connectivity index (χ1v) is 8.26. The molecule has 112 valence electrons. The second-order valence-corrected chi connectivity index (χ2v) is 5.87. The lowest BCUT2D eigenvalue weighted by Gasteiger charge is -2.22. The largest absolute Gasteiger partial charge is 0.377 e. The summed E-state index contributed by atoms with van der Waals surface area (Å²) in [6.45, 7) is 2.91. The lowest BCUT2D eigenvalue weighted by atomic mass is 9.98. The molecular formula is C16H30O3. The van der Waals surface area contributed by atoms with Crippen LogP contribution in [0.15, 0.2) is 0 Å². The van der Waals surface area contributed by atoms with E-state index >= 15 is 0 Å². The predicted octanol–water partition coefficient (Wildman–Crippen LogP) is 3.70. The Labute approximate surface area is 118 Å². The van der Waals surface area contributed by atoms with Gasteiger partial charge in [-0.15, -0.1) is 0 Å². The molecule has 2 aliphatic rings. The van der Waals surface area contributed by atoms with E-state index in [0.29, 0.717) is 25.4 Å². The van der Waals surface area contributed by atoms with E-state index in [-0.39, 0.29) is 0 Å². The molecule has 0 heterocycles. The van der Waals surface area contributed by atoms with Gasteiger partial charge >= 0.3 is 0 Å². The fraction of sp³-hybridized carbons (Fsp3) is 1.00. The molecule has 0 N–H and O–H groups in total. The second kappa shape index (κ2) is 9.73. The van der Waals surface area contributed by atoms with E-state index in [1.165, 1.54) is 64.2 Å². The molecule has 0 atom stereocenters. The van der Waals surface area contributed by atoms with E-state index in [4.69, 9.17) is 14.2 Å². The summed E-state index contributed by atoms with van der Waals surface area (Å²) in [5.41, 5.74) is 0. The third kappa shape index (κ3) is 6.73. The maximum absolute atomic E-state index is 5.81. The highest BCUT2D eigenvalue weighted by Crippen LogP contribution is 2.20. The maximum atomic E-state index is 5.81. The van der Waals surface area contributed by atoms with Crippen LogP contribution in [0.1, 0.15) is 64.2 Å². The van der Waals surface area contributed by atoms with Gasteiger partial charge in [-0.1, -0.05) is 38.5 Å². The Balaban J connectivity index is 1.35. The molecule has 19 heavy (non-hydrogen) atoms. The fourth-order valence-electron chi connectivity index (χ4n) is 3.11. The van der Waals surface area contributed by atoms with E-state index in [2.05, 4.69) is 0 Å². The van der Waals surface area contributed by atoms with Crippen LogP contribution in [0.4, 0.5) is 0 Å². The van der Waals surface area contributed by atoms with Gasteiger partial charge in [0.2, 0.25) is 0 Å². The summed E-state index contributed by atoms with van der Waals surface area (Å²) in [5, 5.41) is 0. The van der Waals surface area contributed by atoms with Gasteiger partial charge < -0.3 is 14.2 Å². The van der Waals surface area contributed by atoms with Crippen molar-refractivity contribution >= 4 is 0 Å². The molecule has 3 nitrogen and oxygen atoms in total. The van der Waals surface area contributed by atoms with Crippen LogP contribution in [-0.4, -0.2) is 38.6 Å². The molecule has 2 saturated carbocycles. The summed E-state index contributed by atoms with van der Waals surface area (Å²) in [7, 11) is 0. The van der Waals surface area contributed by atoms with Gasteiger partial charge in [0, 0.05) is 0 Å². The third-order valence-corrected chi connectivity index (χ3v) is 4.27. The standard InChI is InChI=1S/C16H30O3/c1-3-7-15(8-4-1)18-13-11-17-12-14-19-16-9-5-2-6-10-16/h15-16H,1-14H2. The van der Waals surface area contributed by atoms with Crippen molar-refractivity contribution in [2.24, 2.45) is 0 Å². The van der Waals surface area contributed by atoms with E-state index in [1.54, 1.807) is 0 Å². The molecule has 0 spiro atoms. The molecular weight excluding hydrogens is 240 g/mol. The van der Waals surface area contributed by atoms with E-state index in [1.807, 2.05) is 0 Å². The zero-order chi connectivity index (χ0) is 13.2. The first-order valence-electron chi connectivity index (χ1n) is 8.26. The summed E-state index contributed by atoms with van der Waals surface area (Å²) >= 11 is 0. The summed E-state index contributed by atoms with van der Waals surface area (Å²) in [6.07, 6.45) is 14.1. The van der Waals surface area contributed by atoms with Crippen molar-refractivity contribution in [3.05, 3.63) is 0 Å². The third-order valence-electron chi connectivity index (χ3n) is 4.27. The van der Waals surface area contributed by atoms with Crippen molar-refractivity contribution in [2.45, 2.75) is 76.4 Å². The smallest absolute Gasteiger partial charge is 0.0704 e. The fourth-order valence-corrected chi connectivity index (χ4v) is 3.11. The summed E-state index contributed by atoms with van der Waals surface area (Å²) in [4.78, 5) is 0. The minimum absolute atomic E-state index is 0.496. The molecule has 2 rings (SSSR count). The Hall–Kier alpha value is -0.120. The number of hydrogen-bond acceptors (Lipinski definition) is 3. The zero-order valence-electron chi connectivity index (χ0n) is 12.3. The van der Waals surface area contributed by atoms with Crippen LogP contribution < -0.4 is 0 Å². The molecule has 0 aromatic heterocycles. The van der Waals surface area contributed by atoms with Gasteiger partial charge in [0.05, 0.1) is 38.6 Å². The molecule has 0 saturated heterocycles. The van der Waals surface area contributed by atoms with Crippen LogP contribution in [0.25, 0.3) is 0 Å². The van der Waals surface area contributed by atoms with Crippen LogP contribution in [0.3, 0.4) is 0 Å². The number of rotatable bonds is 8. The van der Waals surface area contributed by atoms with Crippen molar-refractivity contribution in [3.8, 4) is 0 Å². The normalized spacial score (nSPS) is 22.7. The number of hydrogen-bond donors (Lipinski definition) is 0. The molecule has 2 fully saturated rings. The molecule has 0 aromatic carbocycles. The molecule has 0 unspecified atom stereocenters. The molecule has 2 aliphatic carbocycles. The van der Waals surface area contributed by atoms with E-state index < -0.39 is 0 Å².